The van der Waals surface area contributed by atoms with Gasteiger partial charge in [0.25, 0.3) is 0 Å². The second kappa shape index (κ2) is 27.1. The number of hydrogen-bond donors (Lipinski definition) is 0. The molecule has 0 aliphatic rings. The summed E-state index contributed by atoms with van der Waals surface area (Å²) in [5, 5.41) is 1.34. The van der Waals surface area contributed by atoms with Crippen LogP contribution in [0.3, 0.4) is 0 Å². The van der Waals surface area contributed by atoms with Crippen LogP contribution in [-0.2, 0) is 16.3 Å². The molecule has 63 heavy (non-hydrogen) atoms. The van der Waals surface area contributed by atoms with Gasteiger partial charge in [0, 0.05) is 16.3 Å². The Morgan fingerprint density at radius 3 is 1.65 bits per heavy atom. The zero-order chi connectivity index (χ0) is 46.5. The van der Waals surface area contributed by atoms with E-state index in [1.165, 1.54) is 33.4 Å². The summed E-state index contributed by atoms with van der Waals surface area (Å²) in [5.41, 5.74) is 11.3. The maximum atomic E-state index is 14.3. The quantitative estimate of drug-likeness (QED) is 0.0754. The summed E-state index contributed by atoms with van der Waals surface area (Å²) in [7, 11) is -3.66. The Bertz CT molecular complexity index is 2240. The molecule has 0 aromatic heterocycles. The Hall–Kier alpha value is -4.35. The lowest BCUT2D eigenvalue weighted by atomic mass is 9.87. The van der Waals surface area contributed by atoms with Gasteiger partial charge < -0.3 is 9.47 Å². The molecule has 0 heterocycles. The Kier molecular flexibility index (Phi) is 22.8. The van der Waals surface area contributed by atoms with Gasteiger partial charge in [-0.2, -0.15) is 0 Å². The van der Waals surface area contributed by atoms with Crippen molar-refractivity contribution in [3.63, 3.8) is 0 Å². The van der Waals surface area contributed by atoms with Gasteiger partial charge in [0.1, 0.15) is 11.5 Å². The molecule has 0 N–H and O–H groups in total. The average Bonchev–Trinajstić information content (AvgIpc) is 3.24. The van der Waals surface area contributed by atoms with E-state index in [-0.39, 0.29) is 0 Å². The Morgan fingerprint density at radius 1 is 0.587 bits per heavy atom. The lowest BCUT2D eigenvalue weighted by Gasteiger charge is -2.21. The summed E-state index contributed by atoms with van der Waals surface area (Å²) >= 11 is 0. The summed E-state index contributed by atoms with van der Waals surface area (Å²) in [6, 6.07) is 17.1. The normalized spacial score (nSPS) is 15.1. The first-order valence-corrected chi connectivity index (χ1v) is 25.3. The maximum absolute atomic E-state index is 14.3. The van der Waals surface area contributed by atoms with E-state index in [1.54, 1.807) is 24.3 Å². The van der Waals surface area contributed by atoms with E-state index in [4.69, 9.17) is 9.47 Å². The predicted octanol–water partition coefficient (Wildman–Crippen LogP) is 16.8. The third kappa shape index (κ3) is 16.9. The molecule has 3 rings (SSSR count). The van der Waals surface area contributed by atoms with Gasteiger partial charge in [0.05, 0.1) is 23.4 Å². The van der Waals surface area contributed by atoms with Crippen LogP contribution < -0.4 is 9.47 Å². The van der Waals surface area contributed by atoms with Crippen LogP contribution in [0.5, 0.6) is 11.5 Å². The van der Waals surface area contributed by atoms with Gasteiger partial charge in [0.15, 0.2) is 9.84 Å². The van der Waals surface area contributed by atoms with Crippen LogP contribution in [0.4, 0.5) is 0 Å². The maximum Gasteiger partial charge on any atom is 0.185 e. The molecule has 0 saturated heterocycles. The van der Waals surface area contributed by atoms with Gasteiger partial charge >= 0.3 is 0 Å². The summed E-state index contributed by atoms with van der Waals surface area (Å²) in [4.78, 5) is 0.350. The molecule has 344 valence electrons. The fourth-order valence-corrected chi connectivity index (χ4v) is 10.1. The molecular weight excluding hydrogens is 793 g/mol. The highest BCUT2D eigenvalue weighted by molar-refractivity contribution is 7.92. The summed E-state index contributed by atoms with van der Waals surface area (Å²) in [6.45, 7) is 29.4. The number of rotatable bonds is 26. The average molecular weight is 875 g/mol. The van der Waals surface area contributed by atoms with Crippen LogP contribution in [0, 0.1) is 18.8 Å². The standard InChI is InChI=1S/C58H82O4S/c1-14-61-57-51(13)53(58(62-15-2)55-36-20-19-35-54(55)57)39-38-48(10)56(63(59,60)52-33-17-16-18-34-52)40-37-45(7)29-22-27-44(6)30-24-32-47(9)50(12)49(11)41-46(8)31-23-28-43(5)26-21-25-42(3)4/h16-20,25,27-28,32-38,41,49-50,56H,14-15,21-24,26,29-31,39-40H2,1-13H3/b43-28+,44-27+,45-37+,46-41+,47-32+,48-38+. The second-order valence-electron chi connectivity index (χ2n) is 18.1. The van der Waals surface area contributed by atoms with Crippen LogP contribution in [0.1, 0.15) is 152 Å². The van der Waals surface area contributed by atoms with E-state index in [0.717, 1.165) is 90.3 Å². The number of allylic oxidation sites excluding steroid dienone is 13. The first-order valence-electron chi connectivity index (χ1n) is 23.7. The van der Waals surface area contributed by atoms with E-state index >= 15 is 0 Å². The van der Waals surface area contributed by atoms with Gasteiger partial charge in [-0.3, -0.25) is 0 Å². The van der Waals surface area contributed by atoms with E-state index < -0.39 is 15.1 Å². The molecule has 3 aromatic carbocycles. The zero-order valence-electron chi connectivity index (χ0n) is 41.5. The monoisotopic (exact) mass is 875 g/mol. The van der Waals surface area contributed by atoms with E-state index in [9.17, 15) is 8.42 Å². The van der Waals surface area contributed by atoms with Crippen molar-refractivity contribution in [2.45, 2.75) is 164 Å². The first kappa shape index (κ1) is 53.0. The SMILES string of the molecule is CCOc1c(C)c(C/C=C(\C)C(C/C=C(\C)CC/C=C(\C)CC/C=C(\C)C(C)C(C)/C=C(\C)CC/C=C(\C)CCC=C(C)C)S(=O)(=O)c2ccccc2)c(OCC)c2ccccc12. The van der Waals surface area contributed by atoms with Crippen molar-refractivity contribution in [2.75, 3.05) is 13.2 Å². The molecule has 0 aliphatic heterocycles. The highest BCUT2D eigenvalue weighted by atomic mass is 32.2. The highest BCUT2D eigenvalue weighted by Crippen LogP contribution is 2.41. The van der Waals surface area contributed by atoms with Crippen molar-refractivity contribution in [3.8, 4) is 11.5 Å². The largest absolute Gasteiger partial charge is 0.493 e. The molecular formula is C58H82O4S. The third-order valence-electron chi connectivity index (χ3n) is 12.5. The molecule has 3 atom stereocenters. The van der Waals surface area contributed by atoms with Crippen molar-refractivity contribution in [1.29, 1.82) is 0 Å². The molecule has 0 saturated carbocycles. The minimum Gasteiger partial charge on any atom is -0.493 e. The topological polar surface area (TPSA) is 52.6 Å². The second-order valence-corrected chi connectivity index (χ2v) is 20.2. The van der Waals surface area contributed by atoms with Gasteiger partial charge in [-0.25, -0.2) is 8.42 Å². The van der Waals surface area contributed by atoms with Crippen molar-refractivity contribution in [2.24, 2.45) is 11.8 Å². The van der Waals surface area contributed by atoms with Gasteiger partial charge in [-0.05, 0) is 170 Å². The first-order chi connectivity index (χ1) is 30.0. The van der Waals surface area contributed by atoms with Crippen molar-refractivity contribution >= 4 is 20.6 Å². The minimum atomic E-state index is -3.66. The molecule has 0 fully saturated rings. The molecule has 0 bridgehead atoms. The molecule has 0 radical (unpaired) electrons. The zero-order valence-corrected chi connectivity index (χ0v) is 42.3. The molecule has 5 heteroatoms. The number of fused-ring (bicyclic) bond motifs is 1. The van der Waals surface area contributed by atoms with Gasteiger partial charge in [0.2, 0.25) is 0 Å². The molecule has 3 aromatic rings. The van der Waals surface area contributed by atoms with Gasteiger partial charge in [-0.1, -0.05) is 138 Å². The Balaban J connectivity index is 1.67. The van der Waals surface area contributed by atoms with E-state index in [2.05, 4.69) is 124 Å². The number of ether oxygens (including phenoxy) is 2. The van der Waals surface area contributed by atoms with Crippen molar-refractivity contribution < 1.29 is 17.9 Å². The molecule has 0 amide bonds. The van der Waals surface area contributed by atoms with Crippen LogP contribution in [0.25, 0.3) is 10.8 Å². The minimum absolute atomic E-state index is 0.350. The molecule has 4 nitrogen and oxygen atoms in total. The molecule has 0 spiro atoms. The lowest BCUT2D eigenvalue weighted by Crippen LogP contribution is -2.22. The lowest BCUT2D eigenvalue weighted by molar-refractivity contribution is 0.332. The number of sulfone groups is 1. The molecule has 3 unspecified atom stereocenters. The van der Waals surface area contributed by atoms with E-state index in [1.807, 2.05) is 39.0 Å². The third-order valence-corrected chi connectivity index (χ3v) is 14.8. The summed E-state index contributed by atoms with van der Waals surface area (Å²) in [6.07, 6.45) is 25.7. The highest BCUT2D eigenvalue weighted by Gasteiger charge is 2.28. The smallest absolute Gasteiger partial charge is 0.185 e. The van der Waals surface area contributed by atoms with Crippen LogP contribution >= 0.6 is 0 Å². The van der Waals surface area contributed by atoms with Crippen molar-refractivity contribution in [3.05, 3.63) is 147 Å². The Labute approximate surface area is 385 Å². The summed E-state index contributed by atoms with van der Waals surface area (Å²) < 4.78 is 41.1. The van der Waals surface area contributed by atoms with Crippen molar-refractivity contribution in [1.82, 2.24) is 0 Å². The van der Waals surface area contributed by atoms with Crippen LogP contribution in [0.2, 0.25) is 0 Å². The fourth-order valence-electron chi connectivity index (χ4n) is 8.26. The van der Waals surface area contributed by atoms with E-state index in [0.29, 0.717) is 42.8 Å². The molecule has 0 aliphatic carbocycles. The number of hydrogen-bond acceptors (Lipinski definition) is 4. The summed E-state index contributed by atoms with van der Waals surface area (Å²) in [5.74, 6) is 2.71. The van der Waals surface area contributed by atoms with Crippen LogP contribution in [0.15, 0.2) is 141 Å². The van der Waals surface area contributed by atoms with Gasteiger partial charge in [-0.15, -0.1) is 0 Å². The Morgan fingerprint density at radius 2 is 1.08 bits per heavy atom. The number of benzene rings is 3. The van der Waals surface area contributed by atoms with Crippen LogP contribution in [-0.4, -0.2) is 26.9 Å². The fraction of sp³-hybridized carbons (Fsp3) is 0.483. The predicted molar refractivity (Wildman–Crippen MR) is 274 cm³/mol.